The smallest absolute Gasteiger partial charge is 0.314 e. The van der Waals surface area contributed by atoms with Crippen molar-refractivity contribution in [3.8, 4) is 11.6 Å². The Labute approximate surface area is 117 Å². The van der Waals surface area contributed by atoms with Crippen LogP contribution in [-0.4, -0.2) is 21.1 Å². The van der Waals surface area contributed by atoms with Crippen LogP contribution in [0.4, 0.5) is 15.9 Å². The van der Waals surface area contributed by atoms with Crippen LogP contribution in [0.25, 0.3) is 0 Å². The molecule has 0 spiro atoms. The van der Waals surface area contributed by atoms with Gasteiger partial charge in [0.2, 0.25) is 11.6 Å². The Balaban J connectivity index is 2.39. The Kier molecular flexibility index (Phi) is 3.99. The predicted octanol–water partition coefficient (Wildman–Crippen LogP) is 2.62. The van der Waals surface area contributed by atoms with E-state index in [1.54, 1.807) is 6.26 Å². The fourth-order valence-electron chi connectivity index (χ4n) is 1.40. The van der Waals surface area contributed by atoms with Crippen molar-refractivity contribution >= 4 is 23.3 Å². The summed E-state index contributed by atoms with van der Waals surface area (Å²) in [6.07, 6.45) is 1.75. The van der Waals surface area contributed by atoms with Gasteiger partial charge in [0.1, 0.15) is 11.6 Å². The Hall–Kier alpha value is -2.42. The molecule has 2 aromatic rings. The number of nitrogen functional groups attached to an aromatic ring is 1. The number of halogens is 1. The second kappa shape index (κ2) is 5.70. The van der Waals surface area contributed by atoms with Gasteiger partial charge in [0.15, 0.2) is 5.16 Å². The van der Waals surface area contributed by atoms with Crippen molar-refractivity contribution in [2.45, 2.75) is 5.16 Å². The van der Waals surface area contributed by atoms with E-state index >= 15 is 0 Å². The van der Waals surface area contributed by atoms with Crippen LogP contribution in [0.1, 0.15) is 0 Å². The minimum absolute atomic E-state index is 0.0524. The Morgan fingerprint density at radius 1 is 1.40 bits per heavy atom. The monoisotopic (exact) mass is 296 g/mol. The Morgan fingerprint density at radius 3 is 2.80 bits per heavy atom. The molecule has 0 unspecified atom stereocenters. The summed E-state index contributed by atoms with van der Waals surface area (Å²) in [5.41, 5.74) is 5.08. The van der Waals surface area contributed by atoms with Gasteiger partial charge < -0.3 is 10.5 Å². The maximum atomic E-state index is 13.0. The lowest BCUT2D eigenvalue weighted by atomic mass is 10.3. The van der Waals surface area contributed by atoms with E-state index in [1.807, 2.05) is 0 Å². The van der Waals surface area contributed by atoms with Crippen molar-refractivity contribution in [3.05, 3.63) is 40.2 Å². The second-order valence-electron chi connectivity index (χ2n) is 3.59. The number of nitrogens with two attached hydrogens (primary N) is 1. The highest BCUT2D eigenvalue weighted by Gasteiger charge is 2.18. The van der Waals surface area contributed by atoms with Crippen molar-refractivity contribution in [2.24, 2.45) is 0 Å². The molecule has 2 N–H and O–H groups in total. The molecule has 9 heteroatoms. The highest BCUT2D eigenvalue weighted by Crippen LogP contribution is 2.31. The maximum Gasteiger partial charge on any atom is 0.314 e. The van der Waals surface area contributed by atoms with E-state index in [0.717, 1.165) is 18.2 Å². The summed E-state index contributed by atoms with van der Waals surface area (Å²) in [6, 6.07) is 4.31. The maximum absolute atomic E-state index is 13.0. The van der Waals surface area contributed by atoms with Crippen molar-refractivity contribution in [2.75, 3.05) is 12.0 Å². The number of nitrogens with zero attached hydrogens (tertiary/aromatic N) is 3. The van der Waals surface area contributed by atoms with Crippen molar-refractivity contribution in [3.63, 3.8) is 0 Å². The molecule has 0 saturated carbocycles. The lowest BCUT2D eigenvalue weighted by Crippen LogP contribution is -1.99. The molecule has 2 rings (SSSR count). The molecule has 0 saturated heterocycles. The number of aromatic nitrogens is 2. The zero-order valence-electron chi connectivity index (χ0n) is 10.2. The molecule has 0 bridgehead atoms. The standard InChI is InChI=1S/C11H9FN4O3S/c1-20-11-14-9(13)5-10(15-11)19-8-3-2-6(12)4-7(8)16(17)18/h2-5H,1H3,(H2,13,14,15). The zero-order chi connectivity index (χ0) is 14.7. The van der Waals surface area contributed by atoms with Gasteiger partial charge in [-0.15, -0.1) is 0 Å². The van der Waals surface area contributed by atoms with E-state index in [2.05, 4.69) is 9.97 Å². The molecule has 104 valence electrons. The van der Waals surface area contributed by atoms with Crippen LogP contribution in [0, 0.1) is 15.9 Å². The van der Waals surface area contributed by atoms with Gasteiger partial charge in [-0.1, -0.05) is 11.8 Å². The molecule has 0 radical (unpaired) electrons. The van der Waals surface area contributed by atoms with Gasteiger partial charge in [-0.2, -0.15) is 4.98 Å². The van der Waals surface area contributed by atoms with Crippen LogP contribution in [0.5, 0.6) is 11.6 Å². The molecule has 1 aromatic carbocycles. The second-order valence-corrected chi connectivity index (χ2v) is 4.36. The van der Waals surface area contributed by atoms with Gasteiger partial charge in [-0.3, -0.25) is 10.1 Å². The molecule has 1 aromatic heterocycles. The number of nitro groups is 1. The molecule has 0 amide bonds. The molecular formula is C11H9FN4O3S. The average molecular weight is 296 g/mol. The summed E-state index contributed by atoms with van der Waals surface area (Å²) >= 11 is 1.24. The Morgan fingerprint density at radius 2 is 2.15 bits per heavy atom. The Bertz CT molecular complexity index is 668. The third-order valence-corrected chi connectivity index (χ3v) is 2.76. The normalized spacial score (nSPS) is 10.3. The van der Waals surface area contributed by atoms with Crippen LogP contribution >= 0.6 is 11.8 Å². The highest BCUT2D eigenvalue weighted by molar-refractivity contribution is 7.98. The summed E-state index contributed by atoms with van der Waals surface area (Å²) in [5.74, 6) is -0.627. The first-order valence-electron chi connectivity index (χ1n) is 5.30. The molecule has 0 atom stereocenters. The zero-order valence-corrected chi connectivity index (χ0v) is 11.1. The third-order valence-electron chi connectivity index (χ3n) is 2.22. The number of nitro benzene ring substituents is 1. The lowest BCUT2D eigenvalue weighted by molar-refractivity contribution is -0.385. The van der Waals surface area contributed by atoms with Crippen LogP contribution in [-0.2, 0) is 0 Å². The van der Waals surface area contributed by atoms with Crippen LogP contribution < -0.4 is 10.5 Å². The van der Waals surface area contributed by atoms with Crippen LogP contribution in [0.3, 0.4) is 0 Å². The summed E-state index contributed by atoms with van der Waals surface area (Å²) in [6.45, 7) is 0. The van der Waals surface area contributed by atoms with Gasteiger partial charge in [0.25, 0.3) is 0 Å². The van der Waals surface area contributed by atoms with Crippen LogP contribution in [0.15, 0.2) is 29.4 Å². The molecular weight excluding hydrogens is 287 g/mol. The molecule has 0 aliphatic rings. The SMILES string of the molecule is CSc1nc(N)cc(Oc2ccc(F)cc2[N+](=O)[O-])n1. The first kappa shape index (κ1) is 14.0. The first-order chi connectivity index (χ1) is 9.49. The minimum Gasteiger partial charge on any atom is -0.432 e. The van der Waals surface area contributed by atoms with Gasteiger partial charge in [0.05, 0.1) is 11.0 Å². The fraction of sp³-hybridized carbons (Fsp3) is 0.0909. The predicted molar refractivity (Wildman–Crippen MR) is 71.4 cm³/mol. The summed E-state index contributed by atoms with van der Waals surface area (Å²) in [7, 11) is 0. The van der Waals surface area contributed by atoms with E-state index in [0.29, 0.717) is 5.16 Å². The quantitative estimate of drug-likeness (QED) is 0.400. The lowest BCUT2D eigenvalue weighted by Gasteiger charge is -2.07. The minimum atomic E-state index is -0.738. The molecule has 0 aliphatic carbocycles. The van der Waals surface area contributed by atoms with E-state index in [4.69, 9.17) is 10.5 Å². The topological polar surface area (TPSA) is 104 Å². The van der Waals surface area contributed by atoms with Gasteiger partial charge >= 0.3 is 5.69 Å². The van der Waals surface area contributed by atoms with Crippen molar-refractivity contribution in [1.29, 1.82) is 0 Å². The average Bonchev–Trinajstić information content (AvgIpc) is 2.40. The van der Waals surface area contributed by atoms with E-state index in [-0.39, 0.29) is 17.4 Å². The molecule has 0 fully saturated rings. The van der Waals surface area contributed by atoms with Gasteiger partial charge in [-0.25, -0.2) is 9.37 Å². The molecule has 20 heavy (non-hydrogen) atoms. The molecule has 7 nitrogen and oxygen atoms in total. The number of ether oxygens (including phenoxy) is 1. The third kappa shape index (κ3) is 3.12. The fourth-order valence-corrected chi connectivity index (χ4v) is 1.77. The summed E-state index contributed by atoms with van der Waals surface area (Å²) in [4.78, 5) is 18.0. The number of rotatable bonds is 4. The van der Waals surface area contributed by atoms with Crippen LogP contribution in [0.2, 0.25) is 0 Å². The number of benzene rings is 1. The van der Waals surface area contributed by atoms with E-state index in [9.17, 15) is 14.5 Å². The summed E-state index contributed by atoms with van der Waals surface area (Å²) in [5, 5.41) is 11.2. The highest BCUT2D eigenvalue weighted by atomic mass is 32.2. The molecule has 1 heterocycles. The van der Waals surface area contributed by atoms with Crippen molar-refractivity contribution in [1.82, 2.24) is 9.97 Å². The molecule has 0 aliphatic heterocycles. The first-order valence-corrected chi connectivity index (χ1v) is 6.52. The van der Waals surface area contributed by atoms with E-state index < -0.39 is 16.4 Å². The van der Waals surface area contributed by atoms with Gasteiger partial charge in [0, 0.05) is 6.07 Å². The number of hydrogen-bond donors (Lipinski definition) is 1. The van der Waals surface area contributed by atoms with E-state index in [1.165, 1.54) is 17.8 Å². The largest absolute Gasteiger partial charge is 0.432 e. The number of hydrogen-bond acceptors (Lipinski definition) is 7. The summed E-state index contributed by atoms with van der Waals surface area (Å²) < 4.78 is 18.3. The number of thioether (sulfide) groups is 1. The van der Waals surface area contributed by atoms with Gasteiger partial charge in [-0.05, 0) is 18.4 Å². The number of anilines is 1. The van der Waals surface area contributed by atoms with Crippen molar-refractivity contribution < 1.29 is 14.1 Å².